The first kappa shape index (κ1) is 15.7. The first-order chi connectivity index (χ1) is 7.67. The van der Waals surface area contributed by atoms with E-state index in [0.29, 0.717) is 0 Å². The number of ether oxygens (including phenoxy) is 1. The molecular weight excluding hydrogens is 218 g/mol. The van der Waals surface area contributed by atoms with Crippen molar-refractivity contribution in [2.75, 3.05) is 7.11 Å². The molecule has 0 unspecified atom stereocenters. The Balaban J connectivity index is 4.75. The van der Waals surface area contributed by atoms with Gasteiger partial charge >= 0.3 is 5.97 Å². The van der Waals surface area contributed by atoms with Crippen molar-refractivity contribution in [2.24, 2.45) is 11.3 Å². The van der Waals surface area contributed by atoms with Crippen molar-refractivity contribution in [3.05, 3.63) is 12.2 Å². The van der Waals surface area contributed by atoms with Crippen LogP contribution >= 0.6 is 0 Å². The predicted octanol–water partition coefficient (Wildman–Crippen LogP) is 1.90. The quantitative estimate of drug-likeness (QED) is 0.604. The lowest BCUT2D eigenvalue weighted by atomic mass is 9.92. The highest BCUT2D eigenvalue weighted by molar-refractivity contribution is 5.83. The highest BCUT2D eigenvalue weighted by atomic mass is 16.5. The smallest absolute Gasteiger partial charge is 0.328 e. The summed E-state index contributed by atoms with van der Waals surface area (Å²) >= 11 is 0. The number of carbonyl (C=O) groups excluding carboxylic acids is 2. The van der Waals surface area contributed by atoms with Crippen molar-refractivity contribution in [3.8, 4) is 0 Å². The van der Waals surface area contributed by atoms with E-state index in [2.05, 4.69) is 30.8 Å². The molecule has 4 heteroatoms. The number of methoxy groups -OCH3 is 1. The summed E-state index contributed by atoms with van der Waals surface area (Å²) in [6, 6.07) is -0.629. The maximum absolute atomic E-state index is 11.5. The molecule has 0 saturated heterocycles. The number of amides is 1. The molecule has 0 aromatic heterocycles. The molecule has 1 amide bonds. The third kappa shape index (κ3) is 6.76. The Labute approximate surface area is 103 Å². The standard InChI is InChI=1S/C13H23NO3/c1-9(7-8-13(3,4)5)11(12(16)17-6)14-10(2)15/h7-9,11H,1-6H3,(H,14,15)/b8-7+/t9-,11+/m0/s1. The van der Waals surface area contributed by atoms with Gasteiger partial charge in [-0.3, -0.25) is 4.79 Å². The van der Waals surface area contributed by atoms with E-state index in [1.165, 1.54) is 14.0 Å². The average molecular weight is 241 g/mol. The topological polar surface area (TPSA) is 55.4 Å². The van der Waals surface area contributed by atoms with Crippen LogP contribution in [0.4, 0.5) is 0 Å². The molecule has 0 aliphatic heterocycles. The number of carbonyl (C=O) groups is 2. The van der Waals surface area contributed by atoms with Gasteiger partial charge in [0, 0.05) is 12.8 Å². The number of nitrogens with one attached hydrogen (secondary N) is 1. The molecule has 0 rings (SSSR count). The number of allylic oxidation sites excluding steroid dienone is 1. The summed E-state index contributed by atoms with van der Waals surface area (Å²) in [5, 5.41) is 2.60. The Bertz CT molecular complexity index is 302. The summed E-state index contributed by atoms with van der Waals surface area (Å²) in [7, 11) is 1.32. The number of esters is 1. The first-order valence-electron chi connectivity index (χ1n) is 5.71. The van der Waals surface area contributed by atoms with Crippen LogP contribution in [0.3, 0.4) is 0 Å². The number of hydrogen-bond acceptors (Lipinski definition) is 3. The van der Waals surface area contributed by atoms with Crippen molar-refractivity contribution < 1.29 is 14.3 Å². The maximum Gasteiger partial charge on any atom is 0.328 e. The molecule has 2 atom stereocenters. The van der Waals surface area contributed by atoms with Crippen LogP contribution < -0.4 is 5.32 Å². The Morgan fingerprint density at radius 2 is 1.82 bits per heavy atom. The second kappa shape index (κ2) is 6.42. The molecule has 0 bridgehead atoms. The fraction of sp³-hybridized carbons (Fsp3) is 0.692. The van der Waals surface area contributed by atoms with Gasteiger partial charge in [-0.2, -0.15) is 0 Å². The molecule has 0 fully saturated rings. The van der Waals surface area contributed by atoms with Crippen molar-refractivity contribution in [3.63, 3.8) is 0 Å². The van der Waals surface area contributed by atoms with Gasteiger partial charge in [0.25, 0.3) is 0 Å². The van der Waals surface area contributed by atoms with E-state index >= 15 is 0 Å². The average Bonchev–Trinajstić information content (AvgIpc) is 2.20. The van der Waals surface area contributed by atoms with Crippen LogP contribution in [0.5, 0.6) is 0 Å². The maximum atomic E-state index is 11.5. The third-order valence-electron chi connectivity index (χ3n) is 2.24. The van der Waals surface area contributed by atoms with Gasteiger partial charge in [-0.1, -0.05) is 39.8 Å². The molecule has 0 aliphatic carbocycles. The van der Waals surface area contributed by atoms with Gasteiger partial charge in [0.05, 0.1) is 7.11 Å². The van der Waals surface area contributed by atoms with E-state index in [4.69, 9.17) is 0 Å². The van der Waals surface area contributed by atoms with Gasteiger partial charge in [-0.25, -0.2) is 4.79 Å². The Kier molecular flexibility index (Phi) is 5.93. The molecule has 0 aromatic rings. The van der Waals surface area contributed by atoms with Crippen LogP contribution in [-0.4, -0.2) is 25.0 Å². The van der Waals surface area contributed by atoms with Gasteiger partial charge < -0.3 is 10.1 Å². The van der Waals surface area contributed by atoms with E-state index in [9.17, 15) is 9.59 Å². The number of hydrogen-bond donors (Lipinski definition) is 1. The molecule has 1 N–H and O–H groups in total. The molecule has 0 saturated carbocycles. The van der Waals surface area contributed by atoms with Gasteiger partial charge in [0.1, 0.15) is 6.04 Å². The van der Waals surface area contributed by atoms with Crippen molar-refractivity contribution in [1.29, 1.82) is 0 Å². The minimum absolute atomic E-state index is 0.0468. The van der Waals surface area contributed by atoms with Crippen LogP contribution in [0.25, 0.3) is 0 Å². The van der Waals surface area contributed by atoms with Crippen LogP contribution in [0, 0.1) is 11.3 Å². The summed E-state index contributed by atoms with van der Waals surface area (Å²) in [4.78, 5) is 22.6. The lowest BCUT2D eigenvalue weighted by Crippen LogP contribution is -2.44. The predicted molar refractivity (Wildman–Crippen MR) is 67.4 cm³/mol. The molecule has 0 aromatic carbocycles. The van der Waals surface area contributed by atoms with Crippen molar-refractivity contribution in [1.82, 2.24) is 5.32 Å². The molecule has 0 aliphatic rings. The molecule has 0 spiro atoms. The van der Waals surface area contributed by atoms with Crippen LogP contribution in [0.15, 0.2) is 12.2 Å². The Morgan fingerprint density at radius 1 is 1.29 bits per heavy atom. The lowest BCUT2D eigenvalue weighted by Gasteiger charge is -2.21. The lowest BCUT2D eigenvalue weighted by molar-refractivity contribution is -0.145. The summed E-state index contributed by atoms with van der Waals surface area (Å²) in [6.07, 6.45) is 3.95. The SMILES string of the molecule is COC(=O)[C@H](NC(C)=O)[C@@H](C)/C=C/C(C)(C)C. The minimum Gasteiger partial charge on any atom is -0.467 e. The summed E-state index contributed by atoms with van der Waals surface area (Å²) in [5.74, 6) is -0.770. The van der Waals surface area contributed by atoms with Crippen LogP contribution in [-0.2, 0) is 14.3 Å². The first-order valence-corrected chi connectivity index (χ1v) is 5.71. The van der Waals surface area contributed by atoms with Gasteiger partial charge in [0.15, 0.2) is 0 Å². The largest absolute Gasteiger partial charge is 0.467 e. The fourth-order valence-electron chi connectivity index (χ4n) is 1.30. The molecule has 98 valence electrons. The van der Waals surface area contributed by atoms with E-state index in [0.717, 1.165) is 0 Å². The van der Waals surface area contributed by atoms with Crippen molar-refractivity contribution in [2.45, 2.75) is 40.7 Å². The Hall–Kier alpha value is -1.32. The zero-order valence-electron chi connectivity index (χ0n) is 11.5. The van der Waals surface area contributed by atoms with E-state index in [1.54, 1.807) is 0 Å². The summed E-state index contributed by atoms with van der Waals surface area (Å²) in [6.45, 7) is 9.47. The molecule has 17 heavy (non-hydrogen) atoms. The highest BCUT2D eigenvalue weighted by Gasteiger charge is 2.25. The van der Waals surface area contributed by atoms with Crippen molar-refractivity contribution >= 4 is 11.9 Å². The van der Waals surface area contributed by atoms with Gasteiger partial charge in [-0.05, 0) is 5.41 Å². The van der Waals surface area contributed by atoms with E-state index < -0.39 is 12.0 Å². The third-order valence-corrected chi connectivity index (χ3v) is 2.24. The van der Waals surface area contributed by atoms with E-state index in [1.807, 2.05) is 19.1 Å². The number of rotatable bonds is 4. The second-order valence-corrected chi connectivity index (χ2v) is 5.29. The zero-order valence-corrected chi connectivity index (χ0v) is 11.5. The van der Waals surface area contributed by atoms with Gasteiger partial charge in [-0.15, -0.1) is 0 Å². The van der Waals surface area contributed by atoms with E-state index in [-0.39, 0.29) is 17.2 Å². The van der Waals surface area contributed by atoms with Crippen LogP contribution in [0.2, 0.25) is 0 Å². The Morgan fingerprint density at radius 3 is 2.18 bits per heavy atom. The van der Waals surface area contributed by atoms with Gasteiger partial charge in [0.2, 0.25) is 5.91 Å². The molecule has 4 nitrogen and oxygen atoms in total. The normalized spacial score (nSPS) is 15.4. The van der Waals surface area contributed by atoms with Crippen LogP contribution in [0.1, 0.15) is 34.6 Å². The minimum atomic E-state index is -0.629. The highest BCUT2D eigenvalue weighted by Crippen LogP contribution is 2.17. The summed E-state index contributed by atoms with van der Waals surface area (Å²) < 4.78 is 4.68. The molecule has 0 heterocycles. The fourth-order valence-corrected chi connectivity index (χ4v) is 1.30. The monoisotopic (exact) mass is 241 g/mol. The molecule has 0 radical (unpaired) electrons. The molecular formula is C13H23NO3. The summed E-state index contributed by atoms with van der Waals surface area (Å²) in [5.41, 5.74) is 0.0468. The second-order valence-electron chi connectivity index (χ2n) is 5.29. The zero-order chi connectivity index (χ0) is 13.6.